The predicted molar refractivity (Wildman–Crippen MR) is 51.9 cm³/mol. The Morgan fingerprint density at radius 2 is 1.93 bits per heavy atom. The van der Waals surface area contributed by atoms with Gasteiger partial charge in [-0.1, -0.05) is 0 Å². The van der Waals surface area contributed by atoms with E-state index in [-0.39, 0.29) is 11.9 Å². The quantitative estimate of drug-likeness (QED) is 0.477. The number of nitrogens with zero attached hydrogens (tertiary/aromatic N) is 1. The zero-order valence-corrected chi connectivity index (χ0v) is 8.46. The molecule has 1 aliphatic heterocycles. The smallest absolute Gasteiger partial charge is 0.316 e. The fraction of sp³-hybridized carbons (Fsp3) is 0.500. The van der Waals surface area contributed by atoms with E-state index in [0.29, 0.717) is 6.54 Å². The molecule has 1 atom stereocenters. The fourth-order valence-corrected chi connectivity index (χ4v) is 0.999. The van der Waals surface area contributed by atoms with E-state index in [2.05, 4.69) is 20.9 Å². The highest BCUT2D eigenvalue weighted by molar-refractivity contribution is 6.45. The lowest BCUT2D eigenvalue weighted by atomic mass is 10.3. The van der Waals surface area contributed by atoms with Gasteiger partial charge in [0.15, 0.2) is 0 Å². The van der Waals surface area contributed by atoms with Crippen molar-refractivity contribution in [3.8, 4) is 0 Å². The minimum absolute atomic E-state index is 0.0174. The van der Waals surface area contributed by atoms with Crippen LogP contribution in [0.25, 0.3) is 0 Å². The summed E-state index contributed by atoms with van der Waals surface area (Å²) in [6, 6.07) is -0.654. The molecule has 0 aromatic heterocycles. The summed E-state index contributed by atoms with van der Waals surface area (Å²) in [6.07, 6.45) is 0. The van der Waals surface area contributed by atoms with Gasteiger partial charge in [-0.2, -0.15) is 0 Å². The highest BCUT2D eigenvalue weighted by Crippen LogP contribution is 1.92. The van der Waals surface area contributed by atoms with E-state index >= 15 is 0 Å². The first-order valence-electron chi connectivity index (χ1n) is 4.52. The van der Waals surface area contributed by atoms with E-state index in [9.17, 15) is 14.4 Å². The number of rotatable bonds is 3. The van der Waals surface area contributed by atoms with Crippen molar-refractivity contribution in [2.45, 2.75) is 19.9 Å². The summed E-state index contributed by atoms with van der Waals surface area (Å²) >= 11 is 0. The van der Waals surface area contributed by atoms with Crippen LogP contribution in [0.4, 0.5) is 0 Å². The molecule has 7 nitrogen and oxygen atoms in total. The number of amides is 3. The first-order chi connectivity index (χ1) is 7.04. The highest BCUT2D eigenvalue weighted by atomic mass is 16.2. The number of carbonyl (C=O) groups excluding carboxylic acids is 3. The molecule has 7 heteroatoms. The van der Waals surface area contributed by atoms with Crippen molar-refractivity contribution in [3.05, 3.63) is 0 Å². The van der Waals surface area contributed by atoms with Crippen LogP contribution in [0.1, 0.15) is 13.8 Å². The first-order valence-corrected chi connectivity index (χ1v) is 4.52. The summed E-state index contributed by atoms with van der Waals surface area (Å²) in [5, 5.41) is 6.97. The van der Waals surface area contributed by atoms with Crippen LogP contribution in [0, 0.1) is 0 Å². The lowest BCUT2D eigenvalue weighted by molar-refractivity contribution is -0.135. The van der Waals surface area contributed by atoms with Gasteiger partial charge >= 0.3 is 11.8 Å². The number of nitrogens with one attached hydrogen (secondary N) is 3. The molecule has 15 heavy (non-hydrogen) atoms. The molecule has 0 bridgehead atoms. The summed E-state index contributed by atoms with van der Waals surface area (Å²) in [5.74, 6) is -1.78. The van der Waals surface area contributed by atoms with Crippen LogP contribution in [-0.2, 0) is 14.4 Å². The predicted octanol–water partition coefficient (Wildman–Crippen LogP) is -1.89. The Kier molecular flexibility index (Phi) is 3.37. The minimum Gasteiger partial charge on any atom is -0.355 e. The van der Waals surface area contributed by atoms with Gasteiger partial charge in [0.1, 0.15) is 6.04 Å². The second-order valence-corrected chi connectivity index (χ2v) is 2.96. The number of likely N-dealkylation sites (N-methyl/N-ethyl adjacent to an activating group) is 1. The topological polar surface area (TPSA) is 99.7 Å². The van der Waals surface area contributed by atoms with Gasteiger partial charge in [-0.15, -0.1) is 0 Å². The Morgan fingerprint density at radius 3 is 2.40 bits per heavy atom. The fourth-order valence-electron chi connectivity index (χ4n) is 0.999. The van der Waals surface area contributed by atoms with Crippen molar-refractivity contribution in [2.24, 2.45) is 4.99 Å². The number of hydrogen-bond donors (Lipinski definition) is 3. The third kappa shape index (κ3) is 2.76. The summed E-state index contributed by atoms with van der Waals surface area (Å²) in [5.41, 5.74) is 0. The average Bonchev–Trinajstić information content (AvgIpc) is 2.46. The van der Waals surface area contributed by atoms with Gasteiger partial charge in [-0.3, -0.25) is 25.0 Å². The molecule has 1 heterocycles. The molecule has 3 amide bonds. The molecule has 1 aliphatic rings. The van der Waals surface area contributed by atoms with Crippen LogP contribution in [0.2, 0.25) is 0 Å². The zero-order valence-electron chi connectivity index (χ0n) is 8.46. The maximum absolute atomic E-state index is 11.3. The number of guanidine groups is 1. The summed E-state index contributed by atoms with van der Waals surface area (Å²) in [7, 11) is 0. The molecule has 1 unspecified atom stereocenters. The Hall–Kier alpha value is -1.92. The Labute approximate surface area is 86.3 Å². The molecule has 0 radical (unpaired) electrons. The van der Waals surface area contributed by atoms with Crippen LogP contribution in [0.3, 0.4) is 0 Å². The van der Waals surface area contributed by atoms with Crippen LogP contribution < -0.4 is 16.0 Å². The number of hydrogen-bond acceptors (Lipinski definition) is 4. The van der Waals surface area contributed by atoms with Gasteiger partial charge in [0.05, 0.1) is 0 Å². The molecule has 1 fully saturated rings. The third-order valence-corrected chi connectivity index (χ3v) is 1.72. The Morgan fingerprint density at radius 1 is 1.40 bits per heavy atom. The average molecular weight is 212 g/mol. The van der Waals surface area contributed by atoms with Crippen LogP contribution in [0.15, 0.2) is 4.99 Å². The first kappa shape index (κ1) is 11.2. The van der Waals surface area contributed by atoms with Crippen molar-refractivity contribution in [3.63, 3.8) is 0 Å². The molecule has 0 saturated carbocycles. The SMILES string of the molecule is CCNC(=O)C(C)N=C1NC(=O)C(=O)N1. The second-order valence-electron chi connectivity index (χ2n) is 2.96. The lowest BCUT2D eigenvalue weighted by Gasteiger charge is -2.06. The van der Waals surface area contributed by atoms with Crippen molar-refractivity contribution in [1.82, 2.24) is 16.0 Å². The second kappa shape index (κ2) is 4.54. The standard InChI is InChI=1S/C8H12N4O3/c1-3-9-5(13)4(2)10-8-11-6(14)7(15)12-8/h4H,3H2,1-2H3,(H,9,13)(H2,10,11,12,14,15). The normalized spacial score (nSPS) is 16.8. The third-order valence-electron chi connectivity index (χ3n) is 1.72. The molecule has 82 valence electrons. The van der Waals surface area contributed by atoms with E-state index in [1.165, 1.54) is 0 Å². The molecule has 0 aromatic rings. The summed E-state index contributed by atoms with van der Waals surface area (Å²) in [4.78, 5) is 36.6. The van der Waals surface area contributed by atoms with Crippen molar-refractivity contribution in [2.75, 3.05) is 6.54 Å². The molecule has 1 rings (SSSR count). The van der Waals surface area contributed by atoms with Crippen molar-refractivity contribution < 1.29 is 14.4 Å². The number of carbonyl (C=O) groups is 3. The van der Waals surface area contributed by atoms with Gasteiger partial charge in [-0.05, 0) is 13.8 Å². The van der Waals surface area contributed by atoms with E-state index in [0.717, 1.165) is 0 Å². The highest BCUT2D eigenvalue weighted by Gasteiger charge is 2.26. The zero-order chi connectivity index (χ0) is 11.4. The van der Waals surface area contributed by atoms with Crippen LogP contribution in [0.5, 0.6) is 0 Å². The number of aliphatic imine (C=N–C) groups is 1. The van der Waals surface area contributed by atoms with Crippen molar-refractivity contribution >= 4 is 23.7 Å². The maximum atomic E-state index is 11.3. The van der Waals surface area contributed by atoms with E-state index in [1.54, 1.807) is 13.8 Å². The molecule has 1 saturated heterocycles. The van der Waals surface area contributed by atoms with Crippen LogP contribution in [-0.4, -0.2) is 36.3 Å². The maximum Gasteiger partial charge on any atom is 0.316 e. The molecular weight excluding hydrogens is 200 g/mol. The van der Waals surface area contributed by atoms with E-state index in [1.807, 2.05) is 0 Å². The van der Waals surface area contributed by atoms with Crippen LogP contribution >= 0.6 is 0 Å². The molecule has 0 aromatic carbocycles. The van der Waals surface area contributed by atoms with Gasteiger partial charge < -0.3 is 5.32 Å². The van der Waals surface area contributed by atoms with Gasteiger partial charge in [0, 0.05) is 6.54 Å². The van der Waals surface area contributed by atoms with E-state index in [4.69, 9.17) is 0 Å². The molecule has 0 aliphatic carbocycles. The van der Waals surface area contributed by atoms with Gasteiger partial charge in [0.2, 0.25) is 11.9 Å². The molecule has 3 N–H and O–H groups in total. The molecule has 0 spiro atoms. The lowest BCUT2D eigenvalue weighted by Crippen LogP contribution is -2.35. The Bertz CT molecular complexity index is 319. The van der Waals surface area contributed by atoms with E-state index < -0.39 is 17.9 Å². The summed E-state index contributed by atoms with van der Waals surface area (Å²) < 4.78 is 0. The van der Waals surface area contributed by atoms with Crippen molar-refractivity contribution in [1.29, 1.82) is 0 Å². The minimum atomic E-state index is -0.767. The molecular formula is C8H12N4O3. The Balaban J connectivity index is 2.60. The van der Waals surface area contributed by atoms with Gasteiger partial charge in [0.25, 0.3) is 0 Å². The summed E-state index contributed by atoms with van der Waals surface area (Å²) in [6.45, 7) is 3.86. The monoisotopic (exact) mass is 212 g/mol. The largest absolute Gasteiger partial charge is 0.355 e. The van der Waals surface area contributed by atoms with Gasteiger partial charge in [-0.25, -0.2) is 4.99 Å².